The number of fused-ring (bicyclic) bond motifs is 1. The molecule has 0 spiro atoms. The molecule has 2 heterocycles. The van der Waals surface area contributed by atoms with Crippen molar-refractivity contribution in [3.8, 4) is 11.5 Å². The van der Waals surface area contributed by atoms with Crippen molar-refractivity contribution in [1.82, 2.24) is 4.98 Å². The highest BCUT2D eigenvalue weighted by atomic mass is 16.5. The zero-order chi connectivity index (χ0) is 20.1. The number of carbonyl (C=O) groups is 1. The molecule has 1 aliphatic heterocycles. The first kappa shape index (κ1) is 18.8. The van der Waals surface area contributed by atoms with E-state index in [0.717, 1.165) is 25.1 Å². The highest BCUT2D eigenvalue weighted by Crippen LogP contribution is 2.33. The lowest BCUT2D eigenvalue weighted by Gasteiger charge is -2.31. The predicted molar refractivity (Wildman–Crippen MR) is 113 cm³/mol. The molecule has 3 aromatic rings. The maximum atomic E-state index is 12.2. The molecule has 0 aliphatic carbocycles. The van der Waals surface area contributed by atoms with E-state index in [1.54, 1.807) is 25.4 Å². The molecule has 0 saturated heterocycles. The molecule has 0 unspecified atom stereocenters. The molecular formula is C23H23N3O3. The summed E-state index contributed by atoms with van der Waals surface area (Å²) in [6.45, 7) is 0.834. The van der Waals surface area contributed by atoms with E-state index in [2.05, 4.69) is 39.5 Å². The van der Waals surface area contributed by atoms with E-state index in [0.29, 0.717) is 17.3 Å². The second-order valence-corrected chi connectivity index (χ2v) is 6.77. The van der Waals surface area contributed by atoms with Crippen LogP contribution >= 0.6 is 0 Å². The topological polar surface area (TPSA) is 63.7 Å². The second kappa shape index (κ2) is 8.65. The van der Waals surface area contributed by atoms with Crippen molar-refractivity contribution in [2.24, 2.45) is 0 Å². The Morgan fingerprint density at radius 1 is 1.07 bits per heavy atom. The van der Waals surface area contributed by atoms with Gasteiger partial charge in [-0.25, -0.2) is 4.98 Å². The van der Waals surface area contributed by atoms with E-state index >= 15 is 0 Å². The van der Waals surface area contributed by atoms with Gasteiger partial charge in [0.1, 0.15) is 5.82 Å². The normalized spacial score (nSPS) is 12.8. The number of hydrogen-bond donors (Lipinski definition) is 1. The molecular weight excluding hydrogens is 366 g/mol. The van der Waals surface area contributed by atoms with E-state index in [-0.39, 0.29) is 12.5 Å². The molecule has 0 fully saturated rings. The fourth-order valence-corrected chi connectivity index (χ4v) is 3.48. The average molecular weight is 389 g/mol. The van der Waals surface area contributed by atoms with Crippen LogP contribution < -0.4 is 19.7 Å². The number of aromatic nitrogens is 1. The van der Waals surface area contributed by atoms with Gasteiger partial charge in [0.15, 0.2) is 18.1 Å². The van der Waals surface area contributed by atoms with E-state index in [1.807, 2.05) is 24.3 Å². The van der Waals surface area contributed by atoms with Crippen LogP contribution in [0, 0.1) is 0 Å². The number of para-hydroxylation sites is 3. The standard InChI is InChI=1S/C23H23N3O3/c1-28-20-10-4-5-11-21(20)29-16-23(27)25-22-13-12-18(15-24-22)26-14-6-8-17-7-2-3-9-19(17)26/h2-5,7,9-13,15H,6,8,14,16H2,1H3,(H,24,25,27). The number of benzene rings is 2. The third kappa shape index (κ3) is 4.32. The predicted octanol–water partition coefficient (Wildman–Crippen LogP) is 4.19. The summed E-state index contributed by atoms with van der Waals surface area (Å²) in [7, 11) is 1.56. The van der Waals surface area contributed by atoms with E-state index in [1.165, 1.54) is 11.3 Å². The van der Waals surface area contributed by atoms with Gasteiger partial charge in [0.2, 0.25) is 0 Å². The Balaban J connectivity index is 1.38. The minimum absolute atomic E-state index is 0.122. The molecule has 1 aliphatic rings. The van der Waals surface area contributed by atoms with Gasteiger partial charge < -0.3 is 19.7 Å². The summed E-state index contributed by atoms with van der Waals surface area (Å²) in [5.41, 5.74) is 3.59. The number of aryl methyl sites for hydroxylation is 1. The number of rotatable bonds is 6. The summed E-state index contributed by atoms with van der Waals surface area (Å²) in [6.07, 6.45) is 4.00. The highest BCUT2D eigenvalue weighted by molar-refractivity contribution is 5.91. The van der Waals surface area contributed by atoms with Crippen LogP contribution in [0.3, 0.4) is 0 Å². The van der Waals surface area contributed by atoms with Gasteiger partial charge in [-0.1, -0.05) is 30.3 Å². The zero-order valence-electron chi connectivity index (χ0n) is 16.3. The monoisotopic (exact) mass is 389 g/mol. The number of nitrogens with zero attached hydrogens (tertiary/aromatic N) is 2. The van der Waals surface area contributed by atoms with Crippen LogP contribution in [0.4, 0.5) is 17.2 Å². The van der Waals surface area contributed by atoms with Crippen LogP contribution in [0.1, 0.15) is 12.0 Å². The summed E-state index contributed by atoms with van der Waals surface area (Å²) in [5, 5.41) is 2.76. The van der Waals surface area contributed by atoms with Crippen LogP contribution in [0.15, 0.2) is 66.9 Å². The van der Waals surface area contributed by atoms with Crippen molar-refractivity contribution in [3.63, 3.8) is 0 Å². The Kier molecular flexibility index (Phi) is 5.61. The molecule has 0 bridgehead atoms. The minimum atomic E-state index is -0.278. The molecule has 1 aromatic heterocycles. The Morgan fingerprint density at radius 3 is 2.66 bits per heavy atom. The average Bonchev–Trinajstić information content (AvgIpc) is 2.78. The number of nitrogens with one attached hydrogen (secondary N) is 1. The van der Waals surface area contributed by atoms with Crippen molar-refractivity contribution in [3.05, 3.63) is 72.4 Å². The number of hydrogen-bond acceptors (Lipinski definition) is 5. The van der Waals surface area contributed by atoms with Crippen LogP contribution in [0.2, 0.25) is 0 Å². The molecule has 0 saturated carbocycles. The van der Waals surface area contributed by atoms with Gasteiger partial charge in [-0.3, -0.25) is 4.79 Å². The van der Waals surface area contributed by atoms with Crippen molar-refractivity contribution >= 4 is 23.1 Å². The molecule has 6 heteroatoms. The van der Waals surface area contributed by atoms with Gasteiger partial charge in [0.25, 0.3) is 5.91 Å². The molecule has 1 N–H and O–H groups in total. The van der Waals surface area contributed by atoms with Gasteiger partial charge in [-0.15, -0.1) is 0 Å². The summed E-state index contributed by atoms with van der Waals surface area (Å²) in [4.78, 5) is 18.9. The summed E-state index contributed by atoms with van der Waals surface area (Å²) in [6, 6.07) is 19.5. The van der Waals surface area contributed by atoms with Gasteiger partial charge in [-0.2, -0.15) is 0 Å². The lowest BCUT2D eigenvalue weighted by molar-refractivity contribution is -0.118. The Labute approximate surface area is 170 Å². The first-order chi connectivity index (χ1) is 14.2. The molecule has 2 aromatic carbocycles. The fraction of sp³-hybridized carbons (Fsp3) is 0.217. The van der Waals surface area contributed by atoms with Crippen molar-refractivity contribution < 1.29 is 14.3 Å². The molecule has 29 heavy (non-hydrogen) atoms. The van der Waals surface area contributed by atoms with E-state index < -0.39 is 0 Å². The fourth-order valence-electron chi connectivity index (χ4n) is 3.48. The lowest BCUT2D eigenvalue weighted by Crippen LogP contribution is -2.24. The van der Waals surface area contributed by atoms with Gasteiger partial charge in [0.05, 0.1) is 19.0 Å². The highest BCUT2D eigenvalue weighted by Gasteiger charge is 2.18. The molecule has 6 nitrogen and oxygen atoms in total. The number of methoxy groups -OCH3 is 1. The quantitative estimate of drug-likeness (QED) is 0.685. The third-order valence-corrected chi connectivity index (χ3v) is 4.87. The SMILES string of the molecule is COc1ccccc1OCC(=O)Nc1ccc(N2CCCc3ccccc32)cn1. The van der Waals surface area contributed by atoms with Crippen LogP contribution in [-0.2, 0) is 11.2 Å². The maximum Gasteiger partial charge on any atom is 0.263 e. The van der Waals surface area contributed by atoms with E-state index in [4.69, 9.17) is 9.47 Å². The second-order valence-electron chi connectivity index (χ2n) is 6.77. The lowest BCUT2D eigenvalue weighted by atomic mass is 10.0. The number of ether oxygens (including phenoxy) is 2. The van der Waals surface area contributed by atoms with E-state index in [9.17, 15) is 4.79 Å². The molecule has 0 radical (unpaired) electrons. The first-order valence-electron chi connectivity index (χ1n) is 9.62. The molecule has 148 valence electrons. The number of amides is 1. The smallest absolute Gasteiger partial charge is 0.263 e. The summed E-state index contributed by atoms with van der Waals surface area (Å²) < 4.78 is 10.8. The van der Waals surface area contributed by atoms with Crippen LogP contribution in [0.5, 0.6) is 11.5 Å². The van der Waals surface area contributed by atoms with Crippen molar-refractivity contribution in [2.45, 2.75) is 12.8 Å². The van der Waals surface area contributed by atoms with Crippen molar-refractivity contribution in [1.29, 1.82) is 0 Å². The summed E-state index contributed by atoms with van der Waals surface area (Å²) >= 11 is 0. The third-order valence-electron chi connectivity index (χ3n) is 4.87. The van der Waals surface area contributed by atoms with Crippen LogP contribution in [-0.4, -0.2) is 31.2 Å². The largest absolute Gasteiger partial charge is 0.493 e. The first-order valence-corrected chi connectivity index (χ1v) is 9.62. The molecule has 4 rings (SSSR count). The van der Waals surface area contributed by atoms with Gasteiger partial charge >= 0.3 is 0 Å². The molecule has 1 amide bonds. The maximum absolute atomic E-state index is 12.2. The summed E-state index contributed by atoms with van der Waals surface area (Å²) in [5.74, 6) is 1.33. The zero-order valence-corrected chi connectivity index (χ0v) is 16.3. The number of pyridine rings is 1. The van der Waals surface area contributed by atoms with Crippen LogP contribution in [0.25, 0.3) is 0 Å². The van der Waals surface area contributed by atoms with Gasteiger partial charge in [-0.05, 0) is 48.7 Å². The Hall–Kier alpha value is -3.54. The number of carbonyl (C=O) groups excluding carboxylic acids is 1. The van der Waals surface area contributed by atoms with Gasteiger partial charge in [0, 0.05) is 12.2 Å². The molecule has 0 atom stereocenters. The Bertz CT molecular complexity index is 989. The van der Waals surface area contributed by atoms with Crippen molar-refractivity contribution in [2.75, 3.05) is 30.5 Å². The Morgan fingerprint density at radius 2 is 1.86 bits per heavy atom. The minimum Gasteiger partial charge on any atom is -0.493 e. The number of anilines is 3.